The Bertz CT molecular complexity index is 691. The van der Waals surface area contributed by atoms with Gasteiger partial charge in [-0.15, -0.1) is 0 Å². The van der Waals surface area contributed by atoms with Crippen LogP contribution in [0.1, 0.15) is 28.7 Å². The summed E-state index contributed by atoms with van der Waals surface area (Å²) in [5.41, 5.74) is 5.58. The Morgan fingerprint density at radius 3 is 2.52 bits per heavy atom. The van der Waals surface area contributed by atoms with Crippen LogP contribution in [0.5, 0.6) is 0 Å². The van der Waals surface area contributed by atoms with E-state index >= 15 is 0 Å². The maximum absolute atomic E-state index is 10.5. The third kappa shape index (κ3) is 6.13. The van der Waals surface area contributed by atoms with Crippen LogP contribution in [0.25, 0.3) is 0 Å². The van der Waals surface area contributed by atoms with Crippen molar-refractivity contribution in [2.24, 2.45) is 0 Å². The average molecular weight is 368 g/mol. The first kappa shape index (κ1) is 20.0. The highest BCUT2D eigenvalue weighted by molar-refractivity contribution is 5.28. The highest BCUT2D eigenvalue weighted by Crippen LogP contribution is 2.15. The summed E-state index contributed by atoms with van der Waals surface area (Å²) in [6.45, 7) is 6.71. The van der Waals surface area contributed by atoms with E-state index < -0.39 is 0 Å². The molecular formula is C23H33N3O. The molecule has 1 aliphatic heterocycles. The quantitative estimate of drug-likeness (QED) is 0.779. The number of likely N-dealkylation sites (N-methyl/N-ethyl adjacent to an activating group) is 1. The Balaban J connectivity index is 1.37. The number of aliphatic hydroxyl groups is 1. The molecule has 0 amide bonds. The summed E-state index contributed by atoms with van der Waals surface area (Å²) in [6, 6.07) is 10.8. The Hall–Kier alpha value is -1.75. The van der Waals surface area contributed by atoms with Crippen molar-refractivity contribution in [1.29, 1.82) is 0 Å². The van der Waals surface area contributed by atoms with Gasteiger partial charge in [0.15, 0.2) is 0 Å². The Morgan fingerprint density at radius 1 is 1.15 bits per heavy atom. The smallest absolute Gasteiger partial charge is 0.0793 e. The minimum Gasteiger partial charge on any atom is -0.390 e. The molecule has 27 heavy (non-hydrogen) atoms. The minimum absolute atomic E-state index is 0.295. The second kappa shape index (κ2) is 9.98. The Kier molecular flexibility index (Phi) is 7.39. The number of hydrogen-bond acceptors (Lipinski definition) is 4. The first-order chi connectivity index (χ1) is 13.1. The summed E-state index contributed by atoms with van der Waals surface area (Å²) in [6.07, 6.45) is 7.84. The highest BCUT2D eigenvalue weighted by Gasteiger charge is 2.17. The number of benzene rings is 1. The van der Waals surface area contributed by atoms with E-state index in [-0.39, 0.29) is 6.10 Å². The highest BCUT2D eigenvalue weighted by atomic mass is 16.3. The van der Waals surface area contributed by atoms with E-state index in [1.807, 2.05) is 12.4 Å². The van der Waals surface area contributed by atoms with E-state index in [1.54, 1.807) is 0 Å². The van der Waals surface area contributed by atoms with Gasteiger partial charge in [-0.3, -0.25) is 4.98 Å². The summed E-state index contributed by atoms with van der Waals surface area (Å²) < 4.78 is 0. The zero-order valence-electron chi connectivity index (χ0n) is 16.8. The van der Waals surface area contributed by atoms with Gasteiger partial charge in [0.2, 0.25) is 0 Å². The number of hydrogen-bond donors (Lipinski definition) is 1. The van der Waals surface area contributed by atoms with Gasteiger partial charge >= 0.3 is 0 Å². The van der Waals surface area contributed by atoms with Crippen LogP contribution < -0.4 is 0 Å². The average Bonchev–Trinajstić information content (AvgIpc) is 2.86. The van der Waals surface area contributed by atoms with Crippen LogP contribution in [-0.2, 0) is 19.3 Å². The maximum Gasteiger partial charge on any atom is 0.0793 e. The normalized spacial score (nSPS) is 16.1. The molecule has 0 fully saturated rings. The molecule has 0 bridgehead atoms. The maximum atomic E-state index is 10.5. The van der Waals surface area contributed by atoms with Gasteiger partial charge in [-0.2, -0.15) is 0 Å². The zero-order valence-corrected chi connectivity index (χ0v) is 16.8. The van der Waals surface area contributed by atoms with E-state index in [0.717, 1.165) is 58.4 Å². The molecule has 1 unspecified atom stereocenters. The van der Waals surface area contributed by atoms with E-state index in [0.29, 0.717) is 0 Å². The van der Waals surface area contributed by atoms with Gasteiger partial charge in [-0.25, -0.2) is 0 Å². The predicted octanol–water partition coefficient (Wildman–Crippen LogP) is 2.72. The lowest BCUT2D eigenvalue weighted by molar-refractivity contribution is 0.0831. The van der Waals surface area contributed by atoms with Crippen molar-refractivity contribution in [3.05, 3.63) is 65.0 Å². The molecule has 1 aliphatic rings. The molecule has 1 aromatic carbocycles. The molecule has 2 heterocycles. The lowest BCUT2D eigenvalue weighted by Gasteiger charge is -2.26. The number of fused-ring (bicyclic) bond motifs is 1. The number of aryl methyl sites for hydroxylation is 2. The van der Waals surface area contributed by atoms with Crippen molar-refractivity contribution in [3.8, 4) is 0 Å². The number of rotatable bonds is 8. The fraction of sp³-hybridized carbons (Fsp3) is 0.522. The van der Waals surface area contributed by atoms with Gasteiger partial charge in [0.1, 0.15) is 0 Å². The van der Waals surface area contributed by atoms with Crippen molar-refractivity contribution in [2.75, 3.05) is 39.8 Å². The Morgan fingerprint density at radius 2 is 1.85 bits per heavy atom. The lowest BCUT2D eigenvalue weighted by Crippen LogP contribution is -2.40. The van der Waals surface area contributed by atoms with Crippen LogP contribution in [0.4, 0.5) is 0 Å². The first-order valence-corrected chi connectivity index (χ1v) is 10.2. The summed E-state index contributed by atoms with van der Waals surface area (Å²) in [4.78, 5) is 8.89. The standard InChI is InChI=1S/C23H33N3O/c1-19-9-12-24-16-22(19)8-5-13-25(2)17-23(27)18-26-14-10-20-6-3-4-7-21(20)11-15-26/h3-4,6-7,9,12,16,23,27H,5,8,10-11,13-15,17-18H2,1-2H3. The SMILES string of the molecule is Cc1ccncc1CCCN(C)CC(O)CN1CCc2ccccc2CC1. The number of nitrogens with zero attached hydrogens (tertiary/aromatic N) is 3. The molecule has 1 atom stereocenters. The van der Waals surface area contributed by atoms with E-state index in [1.165, 1.54) is 22.3 Å². The van der Waals surface area contributed by atoms with Crippen LogP contribution in [0.3, 0.4) is 0 Å². The van der Waals surface area contributed by atoms with Gasteiger partial charge in [0, 0.05) is 38.6 Å². The molecule has 146 valence electrons. The molecule has 4 heteroatoms. The molecule has 2 aromatic rings. The lowest BCUT2D eigenvalue weighted by atomic mass is 10.0. The monoisotopic (exact) mass is 367 g/mol. The molecule has 0 saturated heterocycles. The van der Waals surface area contributed by atoms with Crippen LogP contribution in [-0.4, -0.2) is 65.8 Å². The molecule has 0 radical (unpaired) electrons. The molecule has 0 spiro atoms. The topological polar surface area (TPSA) is 39.6 Å². The van der Waals surface area contributed by atoms with Crippen LogP contribution in [0.15, 0.2) is 42.7 Å². The molecule has 0 aliphatic carbocycles. The number of pyridine rings is 1. The van der Waals surface area contributed by atoms with Crippen molar-refractivity contribution >= 4 is 0 Å². The number of aromatic nitrogens is 1. The first-order valence-electron chi connectivity index (χ1n) is 10.2. The van der Waals surface area contributed by atoms with Gasteiger partial charge in [-0.05, 0) is 74.5 Å². The fourth-order valence-corrected chi connectivity index (χ4v) is 4.00. The van der Waals surface area contributed by atoms with Gasteiger partial charge < -0.3 is 14.9 Å². The Labute approximate surface area is 163 Å². The zero-order chi connectivity index (χ0) is 19.1. The van der Waals surface area contributed by atoms with Crippen molar-refractivity contribution in [3.63, 3.8) is 0 Å². The van der Waals surface area contributed by atoms with E-state index in [9.17, 15) is 5.11 Å². The van der Waals surface area contributed by atoms with Crippen molar-refractivity contribution in [1.82, 2.24) is 14.8 Å². The molecular weight excluding hydrogens is 334 g/mol. The van der Waals surface area contributed by atoms with Crippen molar-refractivity contribution in [2.45, 2.75) is 38.7 Å². The minimum atomic E-state index is -0.295. The summed E-state index contributed by atoms with van der Waals surface area (Å²) in [5, 5.41) is 10.5. The van der Waals surface area contributed by atoms with Gasteiger partial charge in [0.05, 0.1) is 6.10 Å². The fourth-order valence-electron chi connectivity index (χ4n) is 4.00. The molecule has 3 rings (SSSR count). The van der Waals surface area contributed by atoms with Crippen LogP contribution >= 0.6 is 0 Å². The summed E-state index contributed by atoms with van der Waals surface area (Å²) in [7, 11) is 2.11. The predicted molar refractivity (Wildman–Crippen MR) is 111 cm³/mol. The van der Waals surface area contributed by atoms with Crippen molar-refractivity contribution < 1.29 is 5.11 Å². The molecule has 4 nitrogen and oxygen atoms in total. The molecule has 0 saturated carbocycles. The van der Waals surface area contributed by atoms with Gasteiger partial charge in [0.25, 0.3) is 0 Å². The third-order valence-corrected chi connectivity index (χ3v) is 5.64. The summed E-state index contributed by atoms with van der Waals surface area (Å²) in [5.74, 6) is 0. The molecule has 1 N–H and O–H groups in total. The number of aliphatic hydroxyl groups excluding tert-OH is 1. The van der Waals surface area contributed by atoms with Crippen LogP contribution in [0, 0.1) is 6.92 Å². The van der Waals surface area contributed by atoms with Crippen LogP contribution in [0.2, 0.25) is 0 Å². The summed E-state index contributed by atoms with van der Waals surface area (Å²) >= 11 is 0. The largest absolute Gasteiger partial charge is 0.390 e. The third-order valence-electron chi connectivity index (χ3n) is 5.64. The number of β-amino-alcohol motifs (C(OH)–C–C–N with tert-alkyl or cyclic N) is 1. The second-order valence-corrected chi connectivity index (χ2v) is 7.89. The van der Waals surface area contributed by atoms with E-state index in [4.69, 9.17) is 0 Å². The molecule has 1 aromatic heterocycles. The second-order valence-electron chi connectivity index (χ2n) is 7.89. The van der Waals surface area contributed by atoms with Gasteiger partial charge in [-0.1, -0.05) is 24.3 Å². The van der Waals surface area contributed by atoms with E-state index in [2.05, 4.69) is 59.1 Å².